The Balaban J connectivity index is 1.71. The van der Waals surface area contributed by atoms with Gasteiger partial charge >= 0.3 is 0 Å². The molecule has 1 aromatic heterocycles. The lowest BCUT2D eigenvalue weighted by molar-refractivity contribution is 0.0241. The number of nitrogens with one attached hydrogen (secondary N) is 1. The highest BCUT2D eigenvalue weighted by molar-refractivity contribution is 7.16. The summed E-state index contributed by atoms with van der Waals surface area (Å²) in [5.41, 5.74) is 2.99. The first kappa shape index (κ1) is 22.5. The molecule has 1 amide bonds. The summed E-state index contributed by atoms with van der Waals surface area (Å²) >= 11 is 1.67. The molecule has 1 aliphatic rings. The van der Waals surface area contributed by atoms with E-state index in [4.69, 9.17) is 9.47 Å². The highest BCUT2D eigenvalue weighted by Crippen LogP contribution is 2.40. The van der Waals surface area contributed by atoms with Gasteiger partial charge in [0.25, 0.3) is 5.91 Å². The molecule has 32 heavy (non-hydrogen) atoms. The van der Waals surface area contributed by atoms with Crippen molar-refractivity contribution in [3.63, 3.8) is 0 Å². The van der Waals surface area contributed by atoms with Gasteiger partial charge in [-0.3, -0.25) is 9.69 Å². The van der Waals surface area contributed by atoms with E-state index in [0.29, 0.717) is 25.4 Å². The molecular weight excluding hydrogens is 420 g/mol. The molecule has 1 aliphatic heterocycles. The number of ether oxygens (including phenoxy) is 2. The van der Waals surface area contributed by atoms with Gasteiger partial charge in [-0.2, -0.15) is 0 Å². The van der Waals surface area contributed by atoms with Crippen molar-refractivity contribution in [2.24, 2.45) is 0 Å². The van der Waals surface area contributed by atoms with Crippen molar-refractivity contribution in [3.8, 4) is 5.75 Å². The third kappa shape index (κ3) is 5.21. The molecule has 168 valence electrons. The van der Waals surface area contributed by atoms with E-state index < -0.39 is 0 Å². The van der Waals surface area contributed by atoms with Crippen LogP contribution in [0.25, 0.3) is 0 Å². The number of carbonyl (C=O) groups excluding carboxylic acids is 1. The molecule has 1 saturated heterocycles. The minimum Gasteiger partial charge on any atom is -0.494 e. The first-order valence-corrected chi connectivity index (χ1v) is 12.0. The summed E-state index contributed by atoms with van der Waals surface area (Å²) in [4.78, 5) is 16.7. The maximum Gasteiger partial charge on any atom is 0.256 e. The van der Waals surface area contributed by atoms with Gasteiger partial charge in [-0.25, -0.2) is 0 Å². The van der Waals surface area contributed by atoms with E-state index >= 15 is 0 Å². The van der Waals surface area contributed by atoms with Crippen LogP contribution < -0.4 is 10.1 Å². The molecule has 0 radical (unpaired) electrons. The molecule has 0 bridgehead atoms. The molecule has 1 N–H and O–H groups in total. The van der Waals surface area contributed by atoms with Crippen molar-refractivity contribution in [3.05, 3.63) is 82.2 Å². The van der Waals surface area contributed by atoms with Gasteiger partial charge in [-0.15, -0.1) is 11.3 Å². The second-order valence-corrected chi connectivity index (χ2v) is 8.86. The van der Waals surface area contributed by atoms with Crippen molar-refractivity contribution in [1.29, 1.82) is 0 Å². The molecule has 1 fully saturated rings. The topological polar surface area (TPSA) is 50.8 Å². The van der Waals surface area contributed by atoms with E-state index in [1.54, 1.807) is 11.3 Å². The Morgan fingerprint density at radius 2 is 1.81 bits per heavy atom. The largest absolute Gasteiger partial charge is 0.494 e. The molecule has 0 aliphatic carbocycles. The van der Waals surface area contributed by atoms with Gasteiger partial charge in [0.2, 0.25) is 0 Å². The lowest BCUT2D eigenvalue weighted by Gasteiger charge is -2.35. The fourth-order valence-electron chi connectivity index (χ4n) is 4.03. The number of amides is 1. The fourth-order valence-corrected chi connectivity index (χ4v) is 5.06. The summed E-state index contributed by atoms with van der Waals surface area (Å²) in [5.74, 6) is 0.790. The van der Waals surface area contributed by atoms with Gasteiger partial charge in [-0.05, 0) is 49.2 Å². The minimum atomic E-state index is -0.0798. The van der Waals surface area contributed by atoms with Crippen LogP contribution in [0, 0.1) is 0 Å². The first-order chi connectivity index (χ1) is 15.7. The van der Waals surface area contributed by atoms with Crippen molar-refractivity contribution < 1.29 is 14.3 Å². The van der Waals surface area contributed by atoms with Crippen LogP contribution in [0.3, 0.4) is 0 Å². The number of benzene rings is 2. The summed E-state index contributed by atoms with van der Waals surface area (Å²) in [6.07, 6.45) is 0.929. The van der Waals surface area contributed by atoms with Crippen LogP contribution in [0.1, 0.15) is 46.3 Å². The van der Waals surface area contributed by atoms with E-state index in [1.807, 2.05) is 49.4 Å². The van der Waals surface area contributed by atoms with E-state index in [1.165, 1.54) is 10.4 Å². The quantitative estimate of drug-likeness (QED) is 0.500. The summed E-state index contributed by atoms with van der Waals surface area (Å²) in [6.45, 7) is 7.91. The predicted molar refractivity (Wildman–Crippen MR) is 130 cm³/mol. The summed E-state index contributed by atoms with van der Waals surface area (Å²) in [7, 11) is 0. The summed E-state index contributed by atoms with van der Waals surface area (Å²) < 4.78 is 11.3. The van der Waals surface area contributed by atoms with E-state index in [9.17, 15) is 4.79 Å². The van der Waals surface area contributed by atoms with E-state index in [2.05, 4.69) is 35.3 Å². The Hall–Kier alpha value is -2.67. The SMILES string of the molecule is CCOc1ccc([C@H](c2cc(CC)sc2NC(=O)c2ccccc2)N2CCOCC2)cc1. The standard InChI is InChI=1S/C26H30N2O3S/c1-3-22-18-23(26(32-22)27-25(29)20-8-6-5-7-9-20)24(28-14-16-30-17-15-28)19-10-12-21(13-11-19)31-4-2/h5-13,18,24H,3-4,14-17H2,1-2H3,(H,27,29)/t24-/m1/s1. The molecule has 1 atom stereocenters. The molecule has 0 saturated carbocycles. The Kier molecular flexibility index (Phi) is 7.58. The van der Waals surface area contributed by atoms with Gasteiger partial charge in [-0.1, -0.05) is 37.3 Å². The van der Waals surface area contributed by atoms with Crippen molar-refractivity contribution in [2.75, 3.05) is 38.2 Å². The zero-order chi connectivity index (χ0) is 22.3. The molecule has 6 heteroatoms. The Bertz CT molecular complexity index is 1010. The van der Waals surface area contributed by atoms with Crippen LogP contribution >= 0.6 is 11.3 Å². The van der Waals surface area contributed by atoms with Gasteiger partial charge in [0.15, 0.2) is 0 Å². The summed E-state index contributed by atoms with van der Waals surface area (Å²) in [5, 5.41) is 4.12. The van der Waals surface area contributed by atoms with Gasteiger partial charge in [0.1, 0.15) is 10.8 Å². The number of morpholine rings is 1. The lowest BCUT2D eigenvalue weighted by atomic mass is 9.97. The average Bonchev–Trinajstić information content (AvgIpc) is 3.24. The highest BCUT2D eigenvalue weighted by atomic mass is 32.1. The first-order valence-electron chi connectivity index (χ1n) is 11.2. The van der Waals surface area contributed by atoms with E-state index in [0.717, 1.165) is 35.8 Å². The number of rotatable bonds is 8. The third-order valence-corrected chi connectivity index (χ3v) is 6.85. The Labute approximate surface area is 194 Å². The maximum absolute atomic E-state index is 13.0. The molecular formula is C26H30N2O3S. The number of hydrogen-bond donors (Lipinski definition) is 1. The van der Waals surface area contributed by atoms with Crippen molar-refractivity contribution >= 4 is 22.2 Å². The van der Waals surface area contributed by atoms with E-state index in [-0.39, 0.29) is 11.9 Å². The maximum atomic E-state index is 13.0. The molecule has 2 aromatic carbocycles. The number of carbonyl (C=O) groups is 1. The molecule has 3 aromatic rings. The zero-order valence-electron chi connectivity index (χ0n) is 18.7. The molecule has 5 nitrogen and oxygen atoms in total. The molecule has 2 heterocycles. The lowest BCUT2D eigenvalue weighted by Crippen LogP contribution is -2.39. The fraction of sp³-hybridized carbons (Fsp3) is 0.346. The molecule has 4 rings (SSSR count). The smallest absolute Gasteiger partial charge is 0.256 e. The van der Waals surface area contributed by atoms with Crippen LogP contribution in [-0.4, -0.2) is 43.7 Å². The van der Waals surface area contributed by atoms with Crippen LogP contribution in [0.15, 0.2) is 60.7 Å². The van der Waals surface area contributed by atoms with Crippen LogP contribution in [0.5, 0.6) is 5.75 Å². The number of thiophene rings is 1. The van der Waals surface area contributed by atoms with Crippen molar-refractivity contribution in [1.82, 2.24) is 4.90 Å². The average molecular weight is 451 g/mol. The number of hydrogen-bond acceptors (Lipinski definition) is 5. The second kappa shape index (κ2) is 10.8. The number of nitrogens with zero attached hydrogens (tertiary/aromatic N) is 1. The third-order valence-electron chi connectivity index (χ3n) is 5.64. The normalized spacial score (nSPS) is 15.3. The van der Waals surface area contributed by atoms with Crippen LogP contribution in [0.4, 0.5) is 5.00 Å². The van der Waals surface area contributed by atoms with Gasteiger partial charge in [0.05, 0.1) is 25.9 Å². The molecule has 0 unspecified atom stereocenters. The highest BCUT2D eigenvalue weighted by Gasteiger charge is 2.28. The number of anilines is 1. The summed E-state index contributed by atoms with van der Waals surface area (Å²) in [6, 6.07) is 20.0. The van der Waals surface area contributed by atoms with Crippen LogP contribution in [0.2, 0.25) is 0 Å². The molecule has 0 spiro atoms. The van der Waals surface area contributed by atoms with Crippen molar-refractivity contribution in [2.45, 2.75) is 26.3 Å². The number of aryl methyl sites for hydroxylation is 1. The monoisotopic (exact) mass is 450 g/mol. The zero-order valence-corrected chi connectivity index (χ0v) is 19.5. The van der Waals surface area contributed by atoms with Gasteiger partial charge in [0, 0.05) is 29.1 Å². The van der Waals surface area contributed by atoms with Gasteiger partial charge < -0.3 is 14.8 Å². The Morgan fingerprint density at radius 3 is 2.47 bits per heavy atom. The van der Waals surface area contributed by atoms with Crippen LogP contribution in [-0.2, 0) is 11.2 Å². The minimum absolute atomic E-state index is 0.0391. The second-order valence-electron chi connectivity index (χ2n) is 7.72. The predicted octanol–water partition coefficient (Wildman–Crippen LogP) is 5.38. The Morgan fingerprint density at radius 1 is 1.09 bits per heavy atom.